The van der Waals surface area contributed by atoms with Crippen LogP contribution in [0.3, 0.4) is 0 Å². The standard InChI is InChI=1S/C18H29N3O3/c1-13(2)9-10-21(18(23)15-7-5-4-6-8-15)12-17(22)19-16-11-14(3)24-20-16/h11,13,15H,4-10,12H2,1-3H3,(H,19,20,22). The van der Waals surface area contributed by atoms with E-state index in [4.69, 9.17) is 4.52 Å². The van der Waals surface area contributed by atoms with E-state index in [0.717, 1.165) is 32.1 Å². The number of carbonyl (C=O) groups is 2. The number of nitrogens with one attached hydrogen (secondary N) is 1. The smallest absolute Gasteiger partial charge is 0.245 e. The van der Waals surface area contributed by atoms with E-state index in [1.54, 1.807) is 17.9 Å². The van der Waals surface area contributed by atoms with Gasteiger partial charge in [-0.1, -0.05) is 38.3 Å². The largest absolute Gasteiger partial charge is 0.360 e. The number of amides is 2. The minimum Gasteiger partial charge on any atom is -0.360 e. The Bertz CT molecular complexity index is 547. The van der Waals surface area contributed by atoms with E-state index in [1.807, 2.05) is 0 Å². The highest BCUT2D eigenvalue weighted by Crippen LogP contribution is 2.25. The van der Waals surface area contributed by atoms with Gasteiger partial charge in [-0.15, -0.1) is 0 Å². The molecule has 0 saturated heterocycles. The van der Waals surface area contributed by atoms with Crippen molar-refractivity contribution in [3.05, 3.63) is 11.8 Å². The molecule has 0 unspecified atom stereocenters. The number of rotatable bonds is 7. The van der Waals surface area contributed by atoms with Crippen LogP contribution in [-0.4, -0.2) is 35.0 Å². The van der Waals surface area contributed by atoms with Crippen LogP contribution in [0.25, 0.3) is 0 Å². The maximum Gasteiger partial charge on any atom is 0.245 e. The fraction of sp³-hybridized carbons (Fsp3) is 0.722. The van der Waals surface area contributed by atoms with Crippen molar-refractivity contribution in [2.24, 2.45) is 11.8 Å². The second kappa shape index (κ2) is 8.85. The molecule has 2 amide bonds. The first-order valence-corrected chi connectivity index (χ1v) is 8.97. The molecule has 1 aliphatic carbocycles. The van der Waals surface area contributed by atoms with E-state index in [0.29, 0.717) is 24.0 Å². The first kappa shape index (κ1) is 18.5. The summed E-state index contributed by atoms with van der Waals surface area (Å²) in [7, 11) is 0. The summed E-state index contributed by atoms with van der Waals surface area (Å²) in [5.41, 5.74) is 0. The summed E-state index contributed by atoms with van der Waals surface area (Å²) in [6.07, 6.45) is 6.22. The molecule has 0 aliphatic heterocycles. The zero-order chi connectivity index (χ0) is 17.5. The Kier molecular flexibility index (Phi) is 6.82. The second-order valence-electron chi connectivity index (χ2n) is 7.15. The van der Waals surface area contributed by atoms with E-state index >= 15 is 0 Å². The number of nitrogens with zero attached hydrogens (tertiary/aromatic N) is 2. The molecule has 1 aromatic rings. The van der Waals surface area contributed by atoms with Gasteiger partial charge in [-0.3, -0.25) is 9.59 Å². The normalized spacial score (nSPS) is 15.5. The highest BCUT2D eigenvalue weighted by Gasteiger charge is 2.27. The molecule has 0 aromatic carbocycles. The third kappa shape index (κ3) is 5.65. The number of hydrogen-bond donors (Lipinski definition) is 1. The van der Waals surface area contributed by atoms with Gasteiger partial charge in [0, 0.05) is 18.5 Å². The zero-order valence-electron chi connectivity index (χ0n) is 15.0. The van der Waals surface area contributed by atoms with Gasteiger partial charge in [0.2, 0.25) is 11.8 Å². The molecule has 6 nitrogen and oxygen atoms in total. The monoisotopic (exact) mass is 335 g/mol. The summed E-state index contributed by atoms with van der Waals surface area (Å²) in [5.74, 6) is 1.51. The minimum absolute atomic E-state index is 0.0769. The molecular weight excluding hydrogens is 306 g/mol. The van der Waals surface area contributed by atoms with Crippen LogP contribution in [0.4, 0.5) is 5.82 Å². The van der Waals surface area contributed by atoms with Crippen molar-refractivity contribution in [3.63, 3.8) is 0 Å². The zero-order valence-corrected chi connectivity index (χ0v) is 15.0. The van der Waals surface area contributed by atoms with Crippen molar-refractivity contribution < 1.29 is 14.1 Å². The van der Waals surface area contributed by atoms with Gasteiger partial charge in [0.25, 0.3) is 0 Å². The van der Waals surface area contributed by atoms with E-state index in [9.17, 15) is 9.59 Å². The Balaban J connectivity index is 1.95. The topological polar surface area (TPSA) is 75.4 Å². The van der Waals surface area contributed by atoms with Crippen LogP contribution in [0.2, 0.25) is 0 Å². The molecule has 24 heavy (non-hydrogen) atoms. The van der Waals surface area contributed by atoms with E-state index in [2.05, 4.69) is 24.3 Å². The molecule has 0 atom stereocenters. The molecule has 0 spiro atoms. The van der Waals surface area contributed by atoms with Gasteiger partial charge < -0.3 is 14.7 Å². The molecule has 1 saturated carbocycles. The summed E-state index contributed by atoms with van der Waals surface area (Å²) in [5, 5.41) is 6.46. The van der Waals surface area contributed by atoms with Gasteiger partial charge in [-0.2, -0.15) is 0 Å². The van der Waals surface area contributed by atoms with Crippen LogP contribution in [-0.2, 0) is 9.59 Å². The van der Waals surface area contributed by atoms with Gasteiger partial charge in [-0.05, 0) is 32.1 Å². The van der Waals surface area contributed by atoms with Crippen LogP contribution < -0.4 is 5.32 Å². The van der Waals surface area contributed by atoms with Crippen LogP contribution in [0.15, 0.2) is 10.6 Å². The lowest BCUT2D eigenvalue weighted by Gasteiger charge is -2.29. The number of anilines is 1. The van der Waals surface area contributed by atoms with Crippen molar-refractivity contribution in [1.29, 1.82) is 0 Å². The lowest BCUT2D eigenvalue weighted by atomic mass is 9.88. The molecule has 0 radical (unpaired) electrons. The quantitative estimate of drug-likeness (QED) is 0.829. The maximum absolute atomic E-state index is 12.8. The second-order valence-corrected chi connectivity index (χ2v) is 7.15. The van der Waals surface area contributed by atoms with Crippen LogP contribution >= 0.6 is 0 Å². The number of aromatic nitrogens is 1. The highest BCUT2D eigenvalue weighted by atomic mass is 16.5. The number of aryl methyl sites for hydroxylation is 1. The van der Waals surface area contributed by atoms with Gasteiger partial charge in [0.1, 0.15) is 5.76 Å². The molecule has 1 fully saturated rings. The van der Waals surface area contributed by atoms with Crippen LogP contribution in [0.1, 0.15) is 58.1 Å². The Morgan fingerprint density at radius 3 is 2.62 bits per heavy atom. The van der Waals surface area contributed by atoms with Gasteiger partial charge >= 0.3 is 0 Å². The molecule has 0 bridgehead atoms. The predicted molar refractivity (Wildman–Crippen MR) is 92.5 cm³/mol. The summed E-state index contributed by atoms with van der Waals surface area (Å²) < 4.78 is 4.95. The molecule has 1 aliphatic rings. The van der Waals surface area contributed by atoms with Crippen LogP contribution in [0.5, 0.6) is 0 Å². The van der Waals surface area contributed by atoms with Crippen molar-refractivity contribution in [3.8, 4) is 0 Å². The lowest BCUT2D eigenvalue weighted by molar-refractivity contribution is -0.139. The van der Waals surface area contributed by atoms with E-state index in [-0.39, 0.29) is 24.3 Å². The number of carbonyl (C=O) groups excluding carboxylic acids is 2. The SMILES string of the molecule is Cc1cc(NC(=O)CN(CCC(C)C)C(=O)C2CCCCC2)no1. The van der Waals surface area contributed by atoms with Gasteiger partial charge in [0.05, 0.1) is 6.54 Å². The summed E-state index contributed by atoms with van der Waals surface area (Å²) >= 11 is 0. The first-order chi connectivity index (χ1) is 11.5. The Morgan fingerprint density at radius 2 is 2.04 bits per heavy atom. The molecule has 1 aromatic heterocycles. The Labute approximate surface area is 143 Å². The molecular formula is C18H29N3O3. The lowest BCUT2D eigenvalue weighted by Crippen LogP contribution is -2.42. The minimum atomic E-state index is -0.226. The fourth-order valence-corrected chi connectivity index (χ4v) is 3.07. The van der Waals surface area contributed by atoms with Crippen molar-refractivity contribution >= 4 is 17.6 Å². The third-order valence-corrected chi connectivity index (χ3v) is 4.47. The third-order valence-electron chi connectivity index (χ3n) is 4.47. The average Bonchev–Trinajstić information content (AvgIpc) is 2.96. The Hall–Kier alpha value is -1.85. The van der Waals surface area contributed by atoms with Crippen molar-refractivity contribution in [2.45, 2.75) is 59.3 Å². The van der Waals surface area contributed by atoms with Gasteiger partial charge in [-0.25, -0.2) is 0 Å². The number of hydrogen-bond acceptors (Lipinski definition) is 4. The van der Waals surface area contributed by atoms with E-state index < -0.39 is 0 Å². The maximum atomic E-state index is 12.8. The summed E-state index contributed by atoms with van der Waals surface area (Å²) in [4.78, 5) is 26.8. The summed E-state index contributed by atoms with van der Waals surface area (Å²) in [6.45, 7) is 6.72. The van der Waals surface area contributed by atoms with Gasteiger partial charge in [0.15, 0.2) is 5.82 Å². The molecule has 6 heteroatoms. The predicted octanol–water partition coefficient (Wildman–Crippen LogP) is 3.38. The average molecular weight is 335 g/mol. The highest BCUT2D eigenvalue weighted by molar-refractivity contribution is 5.94. The van der Waals surface area contributed by atoms with Crippen LogP contribution in [0, 0.1) is 18.8 Å². The molecule has 1 heterocycles. The van der Waals surface area contributed by atoms with Crippen molar-refractivity contribution in [1.82, 2.24) is 10.1 Å². The molecule has 2 rings (SSSR count). The fourth-order valence-electron chi connectivity index (χ4n) is 3.07. The summed E-state index contributed by atoms with van der Waals surface area (Å²) in [6, 6.07) is 1.67. The Morgan fingerprint density at radius 1 is 1.33 bits per heavy atom. The van der Waals surface area contributed by atoms with Crippen molar-refractivity contribution in [2.75, 3.05) is 18.4 Å². The molecule has 134 valence electrons. The molecule has 1 N–H and O–H groups in total. The first-order valence-electron chi connectivity index (χ1n) is 8.97. The van der Waals surface area contributed by atoms with E-state index in [1.165, 1.54) is 6.42 Å².